The lowest BCUT2D eigenvalue weighted by atomic mass is 10.0. The molecule has 0 bridgehead atoms. The summed E-state index contributed by atoms with van der Waals surface area (Å²) in [5.74, 6) is -2.95. The molecule has 110 valence electrons. The number of hydrogen-bond donors (Lipinski definition) is 2. The van der Waals surface area contributed by atoms with Crippen LogP contribution >= 0.6 is 11.6 Å². The normalized spacial score (nSPS) is 10.7. The van der Waals surface area contributed by atoms with E-state index in [1.807, 2.05) is 0 Å². The van der Waals surface area contributed by atoms with Crippen LogP contribution in [-0.2, 0) is 6.42 Å². The smallest absolute Gasteiger partial charge is 0.356 e. The van der Waals surface area contributed by atoms with Crippen LogP contribution in [0.1, 0.15) is 23.0 Å². The Morgan fingerprint density at radius 2 is 2.10 bits per heavy atom. The van der Waals surface area contributed by atoms with Gasteiger partial charge in [-0.15, -0.1) is 0 Å². The number of aromatic nitrogens is 1. The lowest BCUT2D eigenvalue weighted by Crippen LogP contribution is -2.08. The summed E-state index contributed by atoms with van der Waals surface area (Å²) in [7, 11) is 0. The summed E-state index contributed by atoms with van der Waals surface area (Å²) in [5.41, 5.74) is 4.54. The van der Waals surface area contributed by atoms with Crippen LogP contribution in [0.15, 0.2) is 18.2 Å². The van der Waals surface area contributed by atoms with Crippen LogP contribution in [0.5, 0.6) is 0 Å². The molecule has 0 unspecified atom stereocenters. The Labute approximate surface area is 124 Å². The van der Waals surface area contributed by atoms with Crippen molar-refractivity contribution in [3.05, 3.63) is 46.1 Å². The molecule has 1 aromatic heterocycles. The number of hydrogen-bond acceptors (Lipinski definition) is 3. The van der Waals surface area contributed by atoms with E-state index in [9.17, 15) is 13.6 Å². The van der Waals surface area contributed by atoms with Crippen LogP contribution in [0.4, 0.5) is 14.5 Å². The molecule has 0 aliphatic carbocycles. The van der Waals surface area contributed by atoms with Gasteiger partial charge in [-0.1, -0.05) is 30.7 Å². The van der Waals surface area contributed by atoms with E-state index in [-0.39, 0.29) is 11.3 Å². The standard InChI is InChI=1S/C14H11ClF2N2O2/c1-2-6-3-4-7(5-8(6)16)12-10(17)11(18)9(15)13(19-12)14(20)21/h3-5H,2H2,1H3,(H2,18,19)(H,20,21). The first-order chi connectivity index (χ1) is 9.86. The Kier molecular flexibility index (Phi) is 4.09. The third-order valence-electron chi connectivity index (χ3n) is 3.02. The van der Waals surface area contributed by atoms with E-state index in [1.54, 1.807) is 6.92 Å². The van der Waals surface area contributed by atoms with Gasteiger partial charge in [0.2, 0.25) is 0 Å². The Balaban J connectivity index is 2.69. The highest BCUT2D eigenvalue weighted by atomic mass is 35.5. The molecule has 0 aliphatic heterocycles. The maximum absolute atomic E-state index is 14.1. The highest BCUT2D eigenvalue weighted by Gasteiger charge is 2.22. The van der Waals surface area contributed by atoms with Gasteiger partial charge < -0.3 is 10.8 Å². The van der Waals surface area contributed by atoms with Crippen molar-refractivity contribution in [3.8, 4) is 11.3 Å². The highest BCUT2D eigenvalue weighted by molar-refractivity contribution is 6.35. The van der Waals surface area contributed by atoms with Gasteiger partial charge in [0.25, 0.3) is 0 Å². The molecule has 0 radical (unpaired) electrons. The fourth-order valence-corrected chi connectivity index (χ4v) is 2.08. The predicted octanol–water partition coefficient (Wildman–Crippen LogP) is 3.52. The lowest BCUT2D eigenvalue weighted by molar-refractivity contribution is 0.0691. The molecule has 0 amide bonds. The summed E-state index contributed by atoms with van der Waals surface area (Å²) in [6.45, 7) is 1.78. The van der Waals surface area contributed by atoms with Crippen molar-refractivity contribution >= 4 is 23.3 Å². The van der Waals surface area contributed by atoms with Gasteiger partial charge in [0.15, 0.2) is 11.5 Å². The number of nitrogens with zero attached hydrogens (tertiary/aromatic N) is 1. The molecular weight excluding hydrogens is 302 g/mol. The number of pyridine rings is 1. The van der Waals surface area contributed by atoms with E-state index in [4.69, 9.17) is 22.4 Å². The van der Waals surface area contributed by atoms with Crippen LogP contribution < -0.4 is 5.73 Å². The molecule has 21 heavy (non-hydrogen) atoms. The van der Waals surface area contributed by atoms with Gasteiger partial charge in [-0.2, -0.15) is 0 Å². The summed E-state index contributed by atoms with van der Waals surface area (Å²) >= 11 is 5.65. The van der Waals surface area contributed by atoms with Crippen molar-refractivity contribution in [1.29, 1.82) is 0 Å². The number of nitrogen functional groups attached to an aromatic ring is 1. The van der Waals surface area contributed by atoms with Crippen LogP contribution in [0.25, 0.3) is 11.3 Å². The average Bonchev–Trinajstić information content (AvgIpc) is 2.44. The second-order valence-corrected chi connectivity index (χ2v) is 4.69. The first-order valence-corrected chi connectivity index (χ1v) is 6.41. The van der Waals surface area contributed by atoms with E-state index < -0.39 is 34.0 Å². The molecule has 1 aromatic carbocycles. The largest absolute Gasteiger partial charge is 0.476 e. The molecule has 2 rings (SSSR count). The predicted molar refractivity (Wildman–Crippen MR) is 75.3 cm³/mol. The summed E-state index contributed by atoms with van der Waals surface area (Å²) in [6.07, 6.45) is 0.477. The fraction of sp³-hybridized carbons (Fsp3) is 0.143. The van der Waals surface area contributed by atoms with Gasteiger partial charge in [0, 0.05) is 5.56 Å². The van der Waals surface area contributed by atoms with Gasteiger partial charge in [-0.25, -0.2) is 18.6 Å². The topological polar surface area (TPSA) is 76.2 Å². The maximum Gasteiger partial charge on any atom is 0.356 e. The summed E-state index contributed by atoms with van der Waals surface area (Å²) in [4.78, 5) is 14.7. The number of aromatic carboxylic acids is 1. The zero-order chi connectivity index (χ0) is 15.7. The first-order valence-electron chi connectivity index (χ1n) is 6.03. The molecule has 0 spiro atoms. The van der Waals surface area contributed by atoms with E-state index in [0.717, 1.165) is 6.07 Å². The number of carbonyl (C=O) groups is 1. The number of anilines is 1. The molecule has 7 heteroatoms. The van der Waals surface area contributed by atoms with Gasteiger partial charge in [-0.05, 0) is 18.1 Å². The molecule has 1 heterocycles. The van der Waals surface area contributed by atoms with E-state index in [0.29, 0.717) is 12.0 Å². The van der Waals surface area contributed by atoms with Crippen LogP contribution in [-0.4, -0.2) is 16.1 Å². The van der Waals surface area contributed by atoms with Crippen molar-refractivity contribution in [2.75, 3.05) is 5.73 Å². The first kappa shape index (κ1) is 15.2. The van der Waals surface area contributed by atoms with Gasteiger partial charge in [0.1, 0.15) is 11.5 Å². The molecule has 0 saturated carbocycles. The molecule has 0 atom stereocenters. The summed E-state index contributed by atoms with van der Waals surface area (Å²) in [5, 5.41) is 8.51. The van der Waals surface area contributed by atoms with Crippen molar-refractivity contribution in [1.82, 2.24) is 4.98 Å². The van der Waals surface area contributed by atoms with Gasteiger partial charge >= 0.3 is 5.97 Å². The maximum atomic E-state index is 14.1. The molecule has 0 aliphatic rings. The monoisotopic (exact) mass is 312 g/mol. The number of rotatable bonds is 3. The van der Waals surface area contributed by atoms with E-state index in [2.05, 4.69) is 4.98 Å². The highest BCUT2D eigenvalue weighted by Crippen LogP contribution is 2.32. The summed E-state index contributed by atoms with van der Waals surface area (Å²) in [6, 6.07) is 4.02. The minimum absolute atomic E-state index is 0.0908. The van der Waals surface area contributed by atoms with E-state index in [1.165, 1.54) is 12.1 Å². The fourth-order valence-electron chi connectivity index (χ4n) is 1.88. The SMILES string of the molecule is CCc1ccc(-c2nc(C(=O)O)c(Cl)c(N)c2F)cc1F. The lowest BCUT2D eigenvalue weighted by Gasteiger charge is -2.10. The zero-order valence-electron chi connectivity index (χ0n) is 11.0. The zero-order valence-corrected chi connectivity index (χ0v) is 11.7. The van der Waals surface area contributed by atoms with Gasteiger partial charge in [-0.3, -0.25) is 0 Å². The minimum atomic E-state index is -1.45. The number of halogens is 3. The average molecular weight is 313 g/mol. The molecule has 4 nitrogen and oxygen atoms in total. The summed E-state index contributed by atoms with van der Waals surface area (Å²) < 4.78 is 27.9. The molecule has 2 aromatic rings. The van der Waals surface area contributed by atoms with Crippen molar-refractivity contribution in [2.45, 2.75) is 13.3 Å². The Bertz CT molecular complexity index is 735. The second-order valence-electron chi connectivity index (χ2n) is 4.32. The van der Waals surface area contributed by atoms with Crippen molar-refractivity contribution in [3.63, 3.8) is 0 Å². The molecule has 0 fully saturated rings. The Morgan fingerprint density at radius 1 is 1.43 bits per heavy atom. The van der Waals surface area contributed by atoms with Crippen LogP contribution in [0, 0.1) is 11.6 Å². The van der Waals surface area contributed by atoms with Crippen molar-refractivity contribution < 1.29 is 18.7 Å². The number of nitrogens with two attached hydrogens (primary N) is 1. The third-order valence-corrected chi connectivity index (χ3v) is 3.40. The number of benzene rings is 1. The Hall–Kier alpha value is -2.21. The van der Waals surface area contributed by atoms with E-state index >= 15 is 0 Å². The minimum Gasteiger partial charge on any atom is -0.476 e. The molecular formula is C14H11ClF2N2O2. The Morgan fingerprint density at radius 3 is 2.62 bits per heavy atom. The quantitative estimate of drug-likeness (QED) is 0.909. The van der Waals surface area contributed by atoms with Gasteiger partial charge in [0.05, 0.1) is 10.7 Å². The second kappa shape index (κ2) is 5.65. The molecule has 0 saturated heterocycles. The number of carboxylic acids is 1. The van der Waals surface area contributed by atoms with Crippen molar-refractivity contribution in [2.24, 2.45) is 0 Å². The number of carboxylic acid groups (broad SMARTS) is 1. The van der Waals surface area contributed by atoms with Crippen LogP contribution in [0.3, 0.4) is 0 Å². The van der Waals surface area contributed by atoms with Crippen LogP contribution in [0.2, 0.25) is 5.02 Å². The molecule has 3 N–H and O–H groups in total. The number of aryl methyl sites for hydroxylation is 1. The third kappa shape index (κ3) is 2.67.